The van der Waals surface area contributed by atoms with Gasteiger partial charge in [-0.15, -0.1) is 11.3 Å². The fraction of sp³-hybridized carbons (Fsp3) is 0.207. The first-order valence-corrected chi connectivity index (χ1v) is 14.0. The first-order valence-electron chi connectivity index (χ1n) is 12.8. The van der Waals surface area contributed by atoms with Gasteiger partial charge < -0.3 is 9.80 Å². The van der Waals surface area contributed by atoms with Crippen molar-refractivity contribution in [1.29, 1.82) is 0 Å². The maximum Gasteiger partial charge on any atom is 0.433 e. The molecular formula is C29H24ClF3N5OS+. The van der Waals surface area contributed by atoms with E-state index < -0.39 is 17.8 Å². The van der Waals surface area contributed by atoms with Crippen molar-refractivity contribution in [1.82, 2.24) is 19.5 Å². The number of fused-ring (bicyclic) bond motifs is 1. The average Bonchev–Trinajstić information content (AvgIpc) is 3.62. The highest BCUT2D eigenvalue weighted by Gasteiger charge is 2.38. The van der Waals surface area contributed by atoms with Crippen LogP contribution in [-0.2, 0) is 6.18 Å². The number of carbonyl (C=O) groups is 1. The van der Waals surface area contributed by atoms with E-state index >= 15 is 0 Å². The van der Waals surface area contributed by atoms with E-state index in [1.807, 2.05) is 36.4 Å². The van der Waals surface area contributed by atoms with E-state index in [4.69, 9.17) is 11.6 Å². The Kier molecular flexibility index (Phi) is 7.07. The monoisotopic (exact) mass is 582 g/mol. The van der Waals surface area contributed by atoms with E-state index in [-0.39, 0.29) is 28.1 Å². The minimum atomic E-state index is -4.72. The Bertz CT molecular complexity index is 1590. The number of nitrogens with one attached hydrogen (secondary N) is 1. The Morgan fingerprint density at radius 3 is 2.12 bits per heavy atom. The van der Waals surface area contributed by atoms with Crippen LogP contribution < -0.4 is 4.90 Å². The summed E-state index contributed by atoms with van der Waals surface area (Å²) >= 11 is 7.77. The molecule has 1 N–H and O–H groups in total. The lowest BCUT2D eigenvalue weighted by Gasteiger charge is -2.36. The molecule has 2 aromatic carbocycles. The van der Waals surface area contributed by atoms with Crippen LogP contribution in [0.4, 0.5) is 13.2 Å². The van der Waals surface area contributed by atoms with Gasteiger partial charge in [0.25, 0.3) is 5.91 Å². The van der Waals surface area contributed by atoms with Crippen molar-refractivity contribution in [2.45, 2.75) is 12.2 Å². The number of carbonyl (C=O) groups excluding carboxylic acids is 1. The van der Waals surface area contributed by atoms with Crippen molar-refractivity contribution in [3.05, 3.63) is 112 Å². The molecule has 6 nitrogen and oxygen atoms in total. The topological polar surface area (TPSA) is 54.9 Å². The van der Waals surface area contributed by atoms with Crippen LogP contribution in [0, 0.1) is 0 Å². The zero-order valence-electron chi connectivity index (χ0n) is 21.1. The second kappa shape index (κ2) is 10.7. The first-order chi connectivity index (χ1) is 19.3. The molecule has 1 aliphatic heterocycles. The number of piperazine rings is 1. The quantitative estimate of drug-likeness (QED) is 0.308. The summed E-state index contributed by atoms with van der Waals surface area (Å²) < 4.78 is 42.7. The summed E-state index contributed by atoms with van der Waals surface area (Å²) in [7, 11) is 0. The molecule has 0 spiro atoms. The van der Waals surface area contributed by atoms with Crippen LogP contribution in [0.5, 0.6) is 0 Å². The van der Waals surface area contributed by atoms with Crippen molar-refractivity contribution < 1.29 is 22.9 Å². The molecule has 0 aliphatic carbocycles. The lowest BCUT2D eigenvalue weighted by molar-refractivity contribution is -0.929. The van der Waals surface area contributed by atoms with Gasteiger partial charge in [0.2, 0.25) is 0 Å². The number of halogens is 4. The molecule has 0 unspecified atom stereocenters. The summed E-state index contributed by atoms with van der Waals surface area (Å²) in [6, 6.07) is 24.9. The molecule has 5 aromatic rings. The molecule has 1 fully saturated rings. The van der Waals surface area contributed by atoms with Crippen molar-refractivity contribution in [2.24, 2.45) is 0 Å². The Hall–Kier alpha value is -3.73. The number of quaternary nitrogens is 1. The Labute approximate surface area is 237 Å². The van der Waals surface area contributed by atoms with Gasteiger partial charge in [-0.25, -0.2) is 9.50 Å². The molecular weight excluding hydrogens is 559 g/mol. The molecule has 40 heavy (non-hydrogen) atoms. The smallest absolute Gasteiger partial charge is 0.326 e. The van der Waals surface area contributed by atoms with Gasteiger partial charge in [-0.2, -0.15) is 18.3 Å². The normalized spacial score (nSPS) is 14.8. The molecule has 11 heteroatoms. The van der Waals surface area contributed by atoms with E-state index in [1.165, 1.54) is 27.4 Å². The van der Waals surface area contributed by atoms with Gasteiger partial charge in [0, 0.05) is 11.1 Å². The second-order valence-electron chi connectivity index (χ2n) is 9.60. The lowest BCUT2D eigenvalue weighted by Crippen LogP contribution is -3.15. The van der Waals surface area contributed by atoms with Gasteiger partial charge in [-0.3, -0.25) is 4.79 Å². The van der Waals surface area contributed by atoms with E-state index in [1.54, 1.807) is 22.4 Å². The van der Waals surface area contributed by atoms with Crippen LogP contribution in [0.1, 0.15) is 33.4 Å². The average molecular weight is 583 g/mol. The Balaban J connectivity index is 1.28. The molecule has 0 bridgehead atoms. The van der Waals surface area contributed by atoms with Crippen LogP contribution in [0.3, 0.4) is 0 Å². The second-order valence-corrected chi connectivity index (χ2v) is 10.9. The maximum atomic E-state index is 14.0. The highest BCUT2D eigenvalue weighted by Crippen LogP contribution is 2.35. The molecule has 3 aromatic heterocycles. The van der Waals surface area contributed by atoms with Crippen LogP contribution in [0.15, 0.2) is 84.2 Å². The first kappa shape index (κ1) is 26.5. The summed E-state index contributed by atoms with van der Waals surface area (Å²) in [5.41, 5.74) is 1.03. The molecule has 0 saturated carbocycles. The van der Waals surface area contributed by atoms with Gasteiger partial charge in [0.1, 0.15) is 11.1 Å². The zero-order valence-corrected chi connectivity index (χ0v) is 22.7. The summed E-state index contributed by atoms with van der Waals surface area (Å²) in [6.07, 6.45) is -4.72. The third-order valence-electron chi connectivity index (χ3n) is 7.17. The minimum Gasteiger partial charge on any atom is -0.326 e. The molecule has 204 valence electrons. The van der Waals surface area contributed by atoms with Crippen LogP contribution in [0.25, 0.3) is 16.2 Å². The predicted octanol–water partition coefficient (Wildman–Crippen LogP) is 5.26. The van der Waals surface area contributed by atoms with Crippen molar-refractivity contribution >= 4 is 34.5 Å². The molecule has 0 atom stereocenters. The molecule has 1 amide bonds. The van der Waals surface area contributed by atoms with Crippen molar-refractivity contribution in [3.63, 3.8) is 0 Å². The van der Waals surface area contributed by atoms with Crippen molar-refractivity contribution in [2.75, 3.05) is 26.2 Å². The maximum absolute atomic E-state index is 14.0. The molecule has 1 saturated heterocycles. The van der Waals surface area contributed by atoms with Crippen LogP contribution in [0.2, 0.25) is 5.02 Å². The molecule has 6 rings (SSSR count). The van der Waals surface area contributed by atoms with E-state index in [9.17, 15) is 18.0 Å². The third kappa shape index (κ3) is 4.98. The zero-order chi connectivity index (χ0) is 27.9. The summed E-state index contributed by atoms with van der Waals surface area (Å²) in [5.74, 6) is -0.503. The van der Waals surface area contributed by atoms with Gasteiger partial charge in [-0.05, 0) is 17.5 Å². The van der Waals surface area contributed by atoms with E-state index in [0.29, 0.717) is 35.6 Å². The number of rotatable bonds is 5. The lowest BCUT2D eigenvalue weighted by atomic mass is 9.96. The predicted molar refractivity (Wildman–Crippen MR) is 148 cm³/mol. The highest BCUT2D eigenvalue weighted by atomic mass is 35.5. The van der Waals surface area contributed by atoms with E-state index in [0.717, 1.165) is 6.07 Å². The van der Waals surface area contributed by atoms with Gasteiger partial charge in [0.15, 0.2) is 17.0 Å². The number of nitrogens with zero attached hydrogens (tertiary/aromatic N) is 4. The summed E-state index contributed by atoms with van der Waals surface area (Å²) in [4.78, 5) is 21.3. The number of hydrogen-bond donors (Lipinski definition) is 1. The minimum absolute atomic E-state index is 0.0904. The van der Waals surface area contributed by atoms with Crippen LogP contribution in [-0.4, -0.2) is 51.6 Å². The number of alkyl halides is 3. The molecule has 1 aliphatic rings. The van der Waals surface area contributed by atoms with Gasteiger partial charge in [0.05, 0.1) is 36.8 Å². The fourth-order valence-electron chi connectivity index (χ4n) is 5.27. The number of benzene rings is 2. The highest BCUT2D eigenvalue weighted by molar-refractivity contribution is 7.13. The SMILES string of the molecule is O=C(c1nn2c(C(F)(F)F)cc(-c3cccs3)nc2c1Cl)N1CC[NH+](C(c2ccccc2)c2ccccc2)CC1. The number of thiophene rings is 1. The van der Waals surface area contributed by atoms with Gasteiger partial charge in [-0.1, -0.05) is 78.3 Å². The van der Waals surface area contributed by atoms with E-state index in [2.05, 4.69) is 34.3 Å². The molecule has 4 heterocycles. The number of aromatic nitrogens is 3. The molecule has 0 radical (unpaired) electrons. The Morgan fingerprint density at radius 2 is 1.57 bits per heavy atom. The Morgan fingerprint density at radius 1 is 0.950 bits per heavy atom. The van der Waals surface area contributed by atoms with Gasteiger partial charge >= 0.3 is 6.18 Å². The third-order valence-corrected chi connectivity index (χ3v) is 8.41. The largest absolute Gasteiger partial charge is 0.433 e. The summed E-state index contributed by atoms with van der Waals surface area (Å²) in [5, 5.41) is 5.60. The van der Waals surface area contributed by atoms with Crippen LogP contribution >= 0.6 is 22.9 Å². The summed E-state index contributed by atoms with van der Waals surface area (Å²) in [6.45, 7) is 2.13. The fourth-order valence-corrected chi connectivity index (χ4v) is 6.20. The standard InChI is InChI=1S/C29H23ClF3N5OS/c30-24-25(35-38-23(29(31,32)33)18-21(34-27(24)38)22-12-7-17-40-22)28(39)37-15-13-36(14-16-37)26(19-8-3-1-4-9-19)20-10-5-2-6-11-20/h1-12,17-18,26H,13-16H2/p+1. The number of hydrogen-bond acceptors (Lipinski definition) is 4. The van der Waals surface area contributed by atoms with Crippen molar-refractivity contribution in [3.8, 4) is 10.6 Å². The number of amides is 1.